The summed E-state index contributed by atoms with van der Waals surface area (Å²) in [6.07, 6.45) is 1.99. The summed E-state index contributed by atoms with van der Waals surface area (Å²) in [6.45, 7) is 1.84. The van der Waals surface area contributed by atoms with Crippen LogP contribution in [0.25, 0.3) is 10.8 Å². The Bertz CT molecular complexity index is 517. The second kappa shape index (κ2) is 4.35. The lowest BCUT2D eigenvalue weighted by atomic mass is 9.99. The van der Waals surface area contributed by atoms with Crippen LogP contribution in [0.15, 0.2) is 36.4 Å². The zero-order chi connectivity index (χ0) is 11.5. The second-order valence-corrected chi connectivity index (χ2v) is 3.81. The van der Waals surface area contributed by atoms with Gasteiger partial charge in [-0.1, -0.05) is 31.2 Å². The number of rotatable bonds is 3. The SMILES string of the molecule is COc1ccc2cc(C(C)[C]=O)ccc2c1. The van der Waals surface area contributed by atoms with Crippen LogP contribution in [0.2, 0.25) is 0 Å². The molecule has 0 fully saturated rings. The molecule has 0 aromatic heterocycles. The molecular weight excluding hydrogens is 200 g/mol. The normalized spacial score (nSPS) is 12.4. The summed E-state index contributed by atoms with van der Waals surface area (Å²) in [5.74, 6) is 0.668. The van der Waals surface area contributed by atoms with E-state index in [4.69, 9.17) is 4.74 Å². The second-order valence-electron chi connectivity index (χ2n) is 3.81. The van der Waals surface area contributed by atoms with Gasteiger partial charge in [-0.2, -0.15) is 0 Å². The molecule has 16 heavy (non-hydrogen) atoms. The Morgan fingerprint density at radius 3 is 2.50 bits per heavy atom. The van der Waals surface area contributed by atoms with Crippen LogP contribution in [-0.2, 0) is 4.79 Å². The molecule has 0 aliphatic carbocycles. The minimum Gasteiger partial charge on any atom is -0.497 e. The van der Waals surface area contributed by atoms with Gasteiger partial charge in [0.25, 0.3) is 0 Å². The third-order valence-corrected chi connectivity index (χ3v) is 2.75. The van der Waals surface area contributed by atoms with E-state index in [9.17, 15) is 4.79 Å². The van der Waals surface area contributed by atoms with Gasteiger partial charge in [-0.3, -0.25) is 4.79 Å². The van der Waals surface area contributed by atoms with Crippen LogP contribution >= 0.6 is 0 Å². The maximum absolute atomic E-state index is 10.6. The van der Waals surface area contributed by atoms with Crippen molar-refractivity contribution in [1.82, 2.24) is 0 Å². The van der Waals surface area contributed by atoms with Gasteiger partial charge in [0.05, 0.1) is 7.11 Å². The minimum atomic E-state index is -0.175. The molecule has 1 radical (unpaired) electrons. The van der Waals surface area contributed by atoms with E-state index in [1.165, 1.54) is 0 Å². The Kier molecular flexibility index (Phi) is 2.91. The van der Waals surface area contributed by atoms with Gasteiger partial charge >= 0.3 is 0 Å². The van der Waals surface area contributed by atoms with Gasteiger partial charge in [0.15, 0.2) is 0 Å². The topological polar surface area (TPSA) is 26.3 Å². The summed E-state index contributed by atoms with van der Waals surface area (Å²) in [5.41, 5.74) is 0.993. The van der Waals surface area contributed by atoms with Crippen molar-refractivity contribution in [3.05, 3.63) is 42.0 Å². The number of carbonyl (C=O) groups excluding carboxylic acids is 1. The molecule has 2 heteroatoms. The van der Waals surface area contributed by atoms with Crippen LogP contribution < -0.4 is 4.74 Å². The molecule has 81 valence electrons. The van der Waals surface area contributed by atoms with Crippen LogP contribution in [0, 0.1) is 0 Å². The highest BCUT2D eigenvalue weighted by atomic mass is 16.5. The number of hydrogen-bond donors (Lipinski definition) is 0. The summed E-state index contributed by atoms with van der Waals surface area (Å²) in [7, 11) is 1.65. The molecule has 0 saturated carbocycles. The van der Waals surface area contributed by atoms with Crippen LogP contribution in [0.5, 0.6) is 5.75 Å². The van der Waals surface area contributed by atoms with Crippen molar-refractivity contribution in [3.8, 4) is 5.75 Å². The van der Waals surface area contributed by atoms with Gasteiger partial charge in [-0.25, -0.2) is 0 Å². The van der Waals surface area contributed by atoms with Gasteiger partial charge in [0.1, 0.15) is 5.75 Å². The Hall–Kier alpha value is -1.83. The minimum absolute atomic E-state index is 0.175. The maximum atomic E-state index is 10.6. The summed E-state index contributed by atoms with van der Waals surface area (Å²) in [4.78, 5) is 10.6. The zero-order valence-electron chi connectivity index (χ0n) is 9.36. The molecule has 0 heterocycles. The van der Waals surface area contributed by atoms with E-state index in [0.29, 0.717) is 0 Å². The Labute approximate surface area is 94.8 Å². The number of methoxy groups -OCH3 is 1. The molecule has 0 aliphatic heterocycles. The molecule has 2 aromatic carbocycles. The van der Waals surface area contributed by atoms with Crippen LogP contribution in [-0.4, -0.2) is 13.4 Å². The van der Waals surface area contributed by atoms with Crippen molar-refractivity contribution in [2.24, 2.45) is 0 Å². The monoisotopic (exact) mass is 213 g/mol. The quantitative estimate of drug-likeness (QED) is 0.783. The highest BCUT2D eigenvalue weighted by Crippen LogP contribution is 2.24. The fourth-order valence-corrected chi connectivity index (χ4v) is 1.71. The predicted octanol–water partition coefficient (Wildman–Crippen LogP) is 3.06. The van der Waals surface area contributed by atoms with Crippen molar-refractivity contribution in [2.45, 2.75) is 12.8 Å². The van der Waals surface area contributed by atoms with Crippen molar-refractivity contribution in [3.63, 3.8) is 0 Å². The summed E-state index contributed by atoms with van der Waals surface area (Å²) < 4.78 is 5.16. The molecule has 2 aromatic rings. The number of ether oxygens (including phenoxy) is 1. The maximum Gasteiger partial charge on any atom is 0.206 e. The highest BCUT2D eigenvalue weighted by molar-refractivity contribution is 5.85. The molecule has 2 rings (SSSR count). The van der Waals surface area contributed by atoms with E-state index in [2.05, 4.69) is 0 Å². The Balaban J connectivity index is 2.51. The molecule has 0 N–H and O–H groups in total. The van der Waals surface area contributed by atoms with Crippen molar-refractivity contribution in [2.75, 3.05) is 7.11 Å². The molecule has 0 spiro atoms. The van der Waals surface area contributed by atoms with E-state index < -0.39 is 0 Å². The molecule has 2 nitrogen and oxygen atoms in total. The van der Waals surface area contributed by atoms with Gasteiger partial charge in [0.2, 0.25) is 6.29 Å². The van der Waals surface area contributed by atoms with Crippen LogP contribution in [0.1, 0.15) is 18.4 Å². The standard InChI is InChI=1S/C14H13O2/c1-10(9-15)11-3-4-13-8-14(16-2)6-5-12(13)7-11/h3-8,10H,1-2H3. The first-order valence-electron chi connectivity index (χ1n) is 5.20. The van der Waals surface area contributed by atoms with E-state index in [1.54, 1.807) is 7.11 Å². The Morgan fingerprint density at radius 1 is 1.12 bits per heavy atom. The molecular formula is C14H13O2. The van der Waals surface area contributed by atoms with E-state index in [-0.39, 0.29) is 5.92 Å². The molecule has 0 aliphatic rings. The van der Waals surface area contributed by atoms with E-state index in [0.717, 1.165) is 22.1 Å². The largest absolute Gasteiger partial charge is 0.497 e. The Morgan fingerprint density at radius 2 is 1.81 bits per heavy atom. The highest BCUT2D eigenvalue weighted by Gasteiger charge is 2.05. The molecule has 1 atom stereocenters. The third kappa shape index (κ3) is 1.91. The summed E-state index contributed by atoms with van der Waals surface area (Å²) in [6, 6.07) is 11.9. The molecule has 1 unspecified atom stereocenters. The van der Waals surface area contributed by atoms with Crippen LogP contribution in [0.3, 0.4) is 0 Å². The van der Waals surface area contributed by atoms with Crippen LogP contribution in [0.4, 0.5) is 0 Å². The number of fused-ring (bicyclic) bond motifs is 1. The molecule has 0 saturated heterocycles. The van der Waals surface area contributed by atoms with Gasteiger partial charge in [0, 0.05) is 5.92 Å². The van der Waals surface area contributed by atoms with E-state index >= 15 is 0 Å². The van der Waals surface area contributed by atoms with Crippen molar-refractivity contribution in [1.29, 1.82) is 0 Å². The van der Waals surface area contributed by atoms with Gasteiger partial charge in [-0.05, 0) is 28.5 Å². The summed E-state index contributed by atoms with van der Waals surface area (Å²) >= 11 is 0. The molecule has 0 bridgehead atoms. The van der Waals surface area contributed by atoms with Gasteiger partial charge < -0.3 is 4.74 Å². The average Bonchev–Trinajstić information content (AvgIpc) is 2.36. The van der Waals surface area contributed by atoms with E-state index in [1.807, 2.05) is 49.6 Å². The first kappa shape index (κ1) is 10.7. The van der Waals surface area contributed by atoms with Gasteiger partial charge in [-0.15, -0.1) is 0 Å². The molecule has 0 amide bonds. The first-order chi connectivity index (χ1) is 7.74. The lowest BCUT2D eigenvalue weighted by Gasteiger charge is -2.06. The first-order valence-corrected chi connectivity index (χ1v) is 5.20. The zero-order valence-corrected chi connectivity index (χ0v) is 9.36. The fraction of sp³-hybridized carbons (Fsp3) is 0.214. The average molecular weight is 213 g/mol. The van der Waals surface area contributed by atoms with Crippen molar-refractivity contribution < 1.29 is 9.53 Å². The predicted molar refractivity (Wildman–Crippen MR) is 64.6 cm³/mol. The number of benzene rings is 2. The lowest BCUT2D eigenvalue weighted by molar-refractivity contribution is 0.415. The summed E-state index contributed by atoms with van der Waals surface area (Å²) in [5, 5.41) is 2.22. The lowest BCUT2D eigenvalue weighted by Crippen LogP contribution is -1.93. The third-order valence-electron chi connectivity index (χ3n) is 2.75. The number of hydrogen-bond acceptors (Lipinski definition) is 2. The fourth-order valence-electron chi connectivity index (χ4n) is 1.71. The smallest absolute Gasteiger partial charge is 0.206 e. The van der Waals surface area contributed by atoms with Crippen molar-refractivity contribution >= 4 is 17.1 Å².